The fourth-order valence-electron chi connectivity index (χ4n) is 3.10. The average Bonchev–Trinajstić information content (AvgIpc) is 2.89. The van der Waals surface area contributed by atoms with Gasteiger partial charge in [-0.15, -0.1) is 0 Å². The molecule has 0 spiro atoms. The molecular weight excluding hydrogens is 400 g/mol. The first-order chi connectivity index (χ1) is 12.2. The number of carbonyl (C=O) groups is 1. The highest BCUT2D eigenvalue weighted by atomic mass is 79.9. The number of hydrogen-bond acceptors (Lipinski definition) is 6. The van der Waals surface area contributed by atoms with E-state index in [-0.39, 0.29) is 12.1 Å². The van der Waals surface area contributed by atoms with Gasteiger partial charge in [-0.2, -0.15) is 9.61 Å². The van der Waals surface area contributed by atoms with Gasteiger partial charge in [0, 0.05) is 18.2 Å². The van der Waals surface area contributed by atoms with Crippen LogP contribution < -0.4 is 16.4 Å². The monoisotopic (exact) mass is 424 g/mol. The predicted octanol–water partition coefficient (Wildman–Crippen LogP) is 3.32. The van der Waals surface area contributed by atoms with Crippen LogP contribution in [0.15, 0.2) is 16.7 Å². The normalized spacial score (nSPS) is 20.8. The van der Waals surface area contributed by atoms with Crippen molar-refractivity contribution in [3.63, 3.8) is 0 Å². The minimum absolute atomic E-state index is 0.146. The average molecular weight is 425 g/mol. The number of alkyl carbamates (subject to hydrolysis) is 1. The Hall–Kier alpha value is -2.03. The molecule has 2 aromatic heterocycles. The number of amides is 1. The lowest BCUT2D eigenvalue weighted by Crippen LogP contribution is -2.42. The van der Waals surface area contributed by atoms with Gasteiger partial charge in [-0.25, -0.2) is 9.78 Å². The van der Waals surface area contributed by atoms with E-state index in [1.165, 1.54) is 0 Å². The van der Waals surface area contributed by atoms with Crippen molar-refractivity contribution in [3.8, 4) is 0 Å². The van der Waals surface area contributed by atoms with Crippen LogP contribution >= 0.6 is 15.9 Å². The van der Waals surface area contributed by atoms with Crippen molar-refractivity contribution < 1.29 is 9.53 Å². The van der Waals surface area contributed by atoms with Gasteiger partial charge in [0.1, 0.15) is 17.2 Å². The maximum absolute atomic E-state index is 11.9. The van der Waals surface area contributed by atoms with E-state index < -0.39 is 5.60 Å². The van der Waals surface area contributed by atoms with E-state index in [9.17, 15) is 4.79 Å². The number of ether oxygens (including phenoxy) is 1. The van der Waals surface area contributed by atoms with Gasteiger partial charge < -0.3 is 21.1 Å². The molecule has 0 bridgehead atoms. The van der Waals surface area contributed by atoms with Gasteiger partial charge in [0.25, 0.3) is 0 Å². The lowest BCUT2D eigenvalue weighted by Gasteiger charge is -2.30. The van der Waals surface area contributed by atoms with Crippen molar-refractivity contribution in [1.82, 2.24) is 19.9 Å². The third kappa shape index (κ3) is 4.57. The molecule has 0 radical (unpaired) electrons. The molecule has 1 fully saturated rings. The Balaban J connectivity index is 1.54. The van der Waals surface area contributed by atoms with E-state index in [0.29, 0.717) is 17.5 Å². The Labute approximate surface area is 161 Å². The molecule has 2 heterocycles. The molecule has 0 aromatic carbocycles. The van der Waals surface area contributed by atoms with Crippen LogP contribution in [0.5, 0.6) is 0 Å². The molecule has 1 aliphatic rings. The maximum Gasteiger partial charge on any atom is 0.407 e. The number of nitrogens with one attached hydrogen (secondary N) is 2. The minimum atomic E-state index is -0.477. The number of nitrogens with two attached hydrogens (primary N) is 1. The van der Waals surface area contributed by atoms with E-state index in [1.54, 1.807) is 16.8 Å². The van der Waals surface area contributed by atoms with Crippen LogP contribution in [0.1, 0.15) is 46.5 Å². The van der Waals surface area contributed by atoms with Gasteiger partial charge in [0.15, 0.2) is 5.65 Å². The first-order valence-corrected chi connectivity index (χ1v) is 9.56. The van der Waals surface area contributed by atoms with E-state index in [4.69, 9.17) is 10.5 Å². The molecular formula is C17H25BrN6O2. The number of carbonyl (C=O) groups excluding carboxylic acids is 1. The van der Waals surface area contributed by atoms with E-state index in [0.717, 1.165) is 36.0 Å². The van der Waals surface area contributed by atoms with Crippen molar-refractivity contribution >= 4 is 39.3 Å². The molecule has 4 N–H and O–H groups in total. The summed E-state index contributed by atoms with van der Waals surface area (Å²) < 4.78 is 7.72. The van der Waals surface area contributed by atoms with E-state index in [1.807, 2.05) is 20.8 Å². The van der Waals surface area contributed by atoms with Crippen LogP contribution in [0, 0.1) is 0 Å². The topological polar surface area (TPSA) is 107 Å². The molecule has 0 atom stereocenters. The first-order valence-electron chi connectivity index (χ1n) is 8.77. The first kappa shape index (κ1) is 18.8. The fraction of sp³-hybridized carbons (Fsp3) is 0.588. The number of nitrogen functional groups attached to an aromatic ring is 1. The number of hydrogen-bond donors (Lipinski definition) is 3. The summed E-state index contributed by atoms with van der Waals surface area (Å²) in [5.74, 6) is 1.27. The molecule has 26 heavy (non-hydrogen) atoms. The number of anilines is 2. The van der Waals surface area contributed by atoms with Crippen molar-refractivity contribution in [2.45, 2.75) is 64.1 Å². The second kappa shape index (κ2) is 7.30. The second-order valence-electron chi connectivity index (χ2n) is 7.63. The van der Waals surface area contributed by atoms with Crippen LogP contribution in [0.3, 0.4) is 0 Å². The zero-order chi connectivity index (χ0) is 18.9. The molecule has 1 amide bonds. The van der Waals surface area contributed by atoms with Gasteiger partial charge in [-0.05, 0) is 62.4 Å². The molecule has 0 aliphatic heterocycles. The molecule has 8 nitrogen and oxygen atoms in total. The highest BCUT2D eigenvalue weighted by Crippen LogP contribution is 2.25. The van der Waals surface area contributed by atoms with Gasteiger partial charge in [-0.3, -0.25) is 0 Å². The Bertz CT molecular complexity index is 792. The fourth-order valence-corrected chi connectivity index (χ4v) is 3.45. The van der Waals surface area contributed by atoms with Gasteiger partial charge >= 0.3 is 6.09 Å². The third-order valence-corrected chi connectivity index (χ3v) is 4.82. The summed E-state index contributed by atoms with van der Waals surface area (Å²) in [6.45, 7) is 5.59. The van der Waals surface area contributed by atoms with Crippen molar-refractivity contribution in [2.75, 3.05) is 11.1 Å². The molecule has 1 saturated carbocycles. The lowest BCUT2D eigenvalue weighted by molar-refractivity contribution is 0.0492. The molecule has 0 unspecified atom stereocenters. The van der Waals surface area contributed by atoms with Crippen LogP contribution in [-0.4, -0.2) is 38.4 Å². The predicted molar refractivity (Wildman–Crippen MR) is 104 cm³/mol. The van der Waals surface area contributed by atoms with Crippen LogP contribution in [0.25, 0.3) is 5.65 Å². The smallest absolute Gasteiger partial charge is 0.407 e. The maximum atomic E-state index is 11.9. The van der Waals surface area contributed by atoms with Crippen LogP contribution in [0.4, 0.5) is 16.4 Å². The van der Waals surface area contributed by atoms with E-state index in [2.05, 4.69) is 36.6 Å². The molecule has 2 aromatic rings. The van der Waals surface area contributed by atoms with Crippen LogP contribution in [0.2, 0.25) is 0 Å². The lowest BCUT2D eigenvalue weighted by atomic mass is 9.91. The Kier molecular flexibility index (Phi) is 5.27. The molecule has 9 heteroatoms. The highest BCUT2D eigenvalue weighted by Gasteiger charge is 2.25. The summed E-state index contributed by atoms with van der Waals surface area (Å²) in [6.07, 6.45) is 4.99. The Morgan fingerprint density at radius 3 is 2.62 bits per heavy atom. The zero-order valence-electron chi connectivity index (χ0n) is 15.3. The largest absolute Gasteiger partial charge is 0.444 e. The molecule has 0 saturated heterocycles. The number of nitrogens with zero attached hydrogens (tertiary/aromatic N) is 3. The third-order valence-electron chi connectivity index (χ3n) is 4.26. The second-order valence-corrected chi connectivity index (χ2v) is 8.49. The summed E-state index contributed by atoms with van der Waals surface area (Å²) in [7, 11) is 0. The van der Waals surface area contributed by atoms with Gasteiger partial charge in [-0.1, -0.05) is 0 Å². The van der Waals surface area contributed by atoms with Crippen molar-refractivity contribution in [1.29, 1.82) is 0 Å². The number of halogens is 1. The quantitative estimate of drug-likeness (QED) is 0.697. The molecule has 1 aliphatic carbocycles. The minimum Gasteiger partial charge on any atom is -0.444 e. The standard InChI is InChI=1S/C17H25BrN6O2/c1-17(2,3)26-16(25)22-11-6-4-10(5-7-11)21-14-8-13(19)24-15(23-14)12(18)9-20-24/h8-11H,4-7,19H2,1-3H3,(H,21,23)(H,22,25)/t10-,11-. The summed E-state index contributed by atoms with van der Waals surface area (Å²) in [6, 6.07) is 2.23. The molecule has 142 valence electrons. The summed E-state index contributed by atoms with van der Waals surface area (Å²) >= 11 is 3.43. The van der Waals surface area contributed by atoms with Crippen molar-refractivity contribution in [3.05, 3.63) is 16.7 Å². The number of aromatic nitrogens is 3. The van der Waals surface area contributed by atoms with Gasteiger partial charge in [0.05, 0.1) is 10.7 Å². The number of rotatable bonds is 3. The number of fused-ring (bicyclic) bond motifs is 1. The Morgan fingerprint density at radius 2 is 1.96 bits per heavy atom. The summed E-state index contributed by atoms with van der Waals surface area (Å²) in [5, 5.41) is 10.6. The zero-order valence-corrected chi connectivity index (χ0v) is 16.8. The van der Waals surface area contributed by atoms with Crippen molar-refractivity contribution in [2.24, 2.45) is 0 Å². The highest BCUT2D eigenvalue weighted by molar-refractivity contribution is 9.10. The van der Waals surface area contributed by atoms with Gasteiger partial charge in [0.2, 0.25) is 0 Å². The molecule has 3 rings (SSSR count). The van der Waals surface area contributed by atoms with Crippen LogP contribution in [-0.2, 0) is 4.74 Å². The summed E-state index contributed by atoms with van der Waals surface area (Å²) in [4.78, 5) is 16.5. The van der Waals surface area contributed by atoms with E-state index >= 15 is 0 Å². The SMILES string of the molecule is CC(C)(C)OC(=O)N[C@H]1CC[C@H](Nc2cc(N)n3ncc(Br)c3n2)CC1. The Morgan fingerprint density at radius 1 is 1.31 bits per heavy atom. The summed E-state index contributed by atoms with van der Waals surface area (Å²) in [5.41, 5.74) is 6.25.